The molecule has 1 aliphatic heterocycles. The summed E-state index contributed by atoms with van der Waals surface area (Å²) in [4.78, 5) is 36.0. The summed E-state index contributed by atoms with van der Waals surface area (Å²) in [5, 5.41) is 0. The Hall–Kier alpha value is -4.78. The van der Waals surface area contributed by atoms with Crippen LogP contribution >= 0.6 is 0 Å². The van der Waals surface area contributed by atoms with Crippen LogP contribution in [0.4, 0.5) is 11.8 Å². The van der Waals surface area contributed by atoms with Crippen LogP contribution in [0.1, 0.15) is 19.4 Å². The van der Waals surface area contributed by atoms with Gasteiger partial charge in [-0.3, -0.25) is 13.9 Å². The number of hydrogen-bond acceptors (Lipinski definition) is 7. The quantitative estimate of drug-likeness (QED) is 0.438. The van der Waals surface area contributed by atoms with E-state index in [0.717, 1.165) is 0 Å². The van der Waals surface area contributed by atoms with Crippen LogP contribution in [-0.4, -0.2) is 43.0 Å². The molecule has 3 heterocycles. The first-order valence-electron chi connectivity index (χ1n) is 11.1. The molecule has 1 saturated heterocycles. The molecule has 0 saturated carbocycles. The van der Waals surface area contributed by atoms with Crippen LogP contribution < -0.4 is 21.9 Å². The smallest absolute Gasteiger partial charge is 0.335 e. The molecule has 0 spiro atoms. The van der Waals surface area contributed by atoms with Crippen molar-refractivity contribution >= 4 is 28.8 Å². The molecule has 1 atom stereocenters. The molecule has 0 bridgehead atoms. The zero-order valence-electron chi connectivity index (χ0n) is 19.0. The third-order valence-electron chi connectivity index (χ3n) is 5.88. The lowest BCUT2D eigenvalue weighted by atomic mass is 10.2. The molecule has 0 radical (unpaired) electrons. The van der Waals surface area contributed by atoms with Gasteiger partial charge in [0.25, 0.3) is 5.91 Å². The number of rotatable bonds is 4. The van der Waals surface area contributed by atoms with Crippen molar-refractivity contribution in [2.24, 2.45) is 0 Å². The summed E-state index contributed by atoms with van der Waals surface area (Å²) in [6.45, 7) is 2.43. The maximum absolute atomic E-state index is 13.7. The van der Waals surface area contributed by atoms with Crippen molar-refractivity contribution in [1.29, 1.82) is 0 Å². The average Bonchev–Trinajstić information content (AvgIpc) is 3.43. The van der Waals surface area contributed by atoms with E-state index in [0.29, 0.717) is 47.9 Å². The summed E-state index contributed by atoms with van der Waals surface area (Å²) >= 11 is 0. The van der Waals surface area contributed by atoms with Crippen molar-refractivity contribution in [1.82, 2.24) is 24.0 Å². The van der Waals surface area contributed by atoms with Gasteiger partial charge in [-0.15, -0.1) is 0 Å². The fourth-order valence-corrected chi connectivity index (χ4v) is 4.33. The molecule has 2 aromatic carbocycles. The summed E-state index contributed by atoms with van der Waals surface area (Å²) < 4.78 is 8.87. The molecule has 1 amide bonds. The number of nitrogen functional groups attached to an aromatic ring is 2. The highest BCUT2D eigenvalue weighted by atomic mass is 16.5. The van der Waals surface area contributed by atoms with Crippen LogP contribution in [0.3, 0.4) is 0 Å². The second kappa shape index (κ2) is 8.87. The zero-order valence-corrected chi connectivity index (χ0v) is 19.0. The fourth-order valence-electron chi connectivity index (χ4n) is 4.33. The molecular formula is C25H23N7O3. The summed E-state index contributed by atoms with van der Waals surface area (Å²) in [7, 11) is 0. The number of ether oxygens (including phenoxy) is 1. The Morgan fingerprint density at radius 1 is 1.06 bits per heavy atom. The van der Waals surface area contributed by atoms with E-state index in [1.165, 1.54) is 4.57 Å². The third kappa shape index (κ3) is 4.04. The number of hydrogen-bond donors (Lipinski definition) is 2. The third-order valence-corrected chi connectivity index (χ3v) is 5.88. The van der Waals surface area contributed by atoms with Crippen molar-refractivity contribution in [2.45, 2.75) is 19.4 Å². The summed E-state index contributed by atoms with van der Waals surface area (Å²) in [6.07, 6.45) is 0.573. The zero-order chi connectivity index (χ0) is 24.5. The first kappa shape index (κ1) is 22.0. The van der Waals surface area contributed by atoms with E-state index >= 15 is 0 Å². The van der Waals surface area contributed by atoms with Gasteiger partial charge in [0.15, 0.2) is 11.5 Å². The Kier molecular flexibility index (Phi) is 5.58. The van der Waals surface area contributed by atoms with E-state index in [1.807, 2.05) is 30.3 Å². The Labute approximate surface area is 200 Å². The number of imidazole rings is 1. The lowest BCUT2D eigenvalue weighted by Gasteiger charge is -2.14. The van der Waals surface area contributed by atoms with Crippen LogP contribution in [0.5, 0.6) is 11.5 Å². The molecule has 1 aliphatic rings. The van der Waals surface area contributed by atoms with Gasteiger partial charge in [0.1, 0.15) is 17.0 Å². The molecule has 35 heavy (non-hydrogen) atoms. The van der Waals surface area contributed by atoms with Gasteiger partial charge in [-0.25, -0.2) is 4.79 Å². The van der Waals surface area contributed by atoms with Crippen molar-refractivity contribution in [3.8, 4) is 29.0 Å². The molecule has 10 heteroatoms. The van der Waals surface area contributed by atoms with E-state index < -0.39 is 0 Å². The maximum Gasteiger partial charge on any atom is 0.335 e. The van der Waals surface area contributed by atoms with E-state index in [1.54, 1.807) is 40.7 Å². The predicted octanol–water partition coefficient (Wildman–Crippen LogP) is 2.34. The van der Waals surface area contributed by atoms with Gasteiger partial charge in [0.2, 0.25) is 5.95 Å². The summed E-state index contributed by atoms with van der Waals surface area (Å²) in [6, 6.07) is 16.2. The Morgan fingerprint density at radius 3 is 2.49 bits per heavy atom. The lowest BCUT2D eigenvalue weighted by Crippen LogP contribution is -2.31. The van der Waals surface area contributed by atoms with Crippen molar-refractivity contribution in [3.63, 3.8) is 0 Å². The topological polar surface area (TPSA) is 134 Å². The number of nitrogens with zero attached hydrogens (tertiary/aromatic N) is 5. The SMILES string of the molecule is CC#CC(=O)N1CCC(n2c(=O)n(-c3ccc(Oc4ccccc4)cc3)c3c(N)nc(N)nc32)C1. The Balaban J connectivity index is 1.57. The van der Waals surface area contributed by atoms with E-state index in [-0.39, 0.29) is 29.4 Å². The Morgan fingerprint density at radius 2 is 1.77 bits per heavy atom. The van der Waals surface area contributed by atoms with Crippen LogP contribution in [0.25, 0.3) is 16.9 Å². The standard InChI is InChI=1S/C25H23N7O3/c1-2-6-20(33)30-14-13-17(15-30)32-23-21(22(26)28-24(27)29-23)31(25(32)34)16-9-11-19(12-10-16)35-18-7-4-3-5-8-18/h3-5,7-12,17H,13-15H2,1H3,(H4,26,27,28,29). The van der Waals surface area contributed by atoms with Crippen LogP contribution in [0.2, 0.25) is 0 Å². The van der Waals surface area contributed by atoms with Gasteiger partial charge in [-0.1, -0.05) is 24.1 Å². The van der Waals surface area contributed by atoms with Crippen molar-refractivity contribution < 1.29 is 9.53 Å². The van der Waals surface area contributed by atoms with Gasteiger partial charge < -0.3 is 21.1 Å². The first-order chi connectivity index (χ1) is 17.0. The molecule has 176 valence electrons. The molecule has 4 N–H and O–H groups in total. The van der Waals surface area contributed by atoms with Gasteiger partial charge in [0.05, 0.1) is 11.7 Å². The molecule has 5 rings (SSSR count). The lowest BCUT2D eigenvalue weighted by molar-refractivity contribution is -0.124. The van der Waals surface area contributed by atoms with Crippen molar-refractivity contribution in [2.75, 3.05) is 24.6 Å². The fraction of sp³-hybridized carbons (Fsp3) is 0.200. The van der Waals surface area contributed by atoms with Crippen molar-refractivity contribution in [3.05, 3.63) is 65.1 Å². The van der Waals surface area contributed by atoms with Gasteiger partial charge in [0, 0.05) is 13.1 Å². The van der Waals surface area contributed by atoms with Crippen LogP contribution in [0.15, 0.2) is 59.4 Å². The van der Waals surface area contributed by atoms with E-state index in [2.05, 4.69) is 21.8 Å². The number of benzene rings is 2. The number of carbonyl (C=O) groups is 1. The average molecular weight is 470 g/mol. The van der Waals surface area contributed by atoms with Crippen LogP contribution in [-0.2, 0) is 4.79 Å². The highest BCUT2D eigenvalue weighted by molar-refractivity contribution is 5.93. The summed E-state index contributed by atoms with van der Waals surface area (Å²) in [5.74, 6) is 6.29. The number of carbonyl (C=O) groups excluding carboxylic acids is 1. The second-order valence-corrected chi connectivity index (χ2v) is 8.10. The molecule has 10 nitrogen and oxygen atoms in total. The van der Waals surface area contributed by atoms with E-state index in [4.69, 9.17) is 16.2 Å². The number of amides is 1. The number of anilines is 2. The maximum atomic E-state index is 13.7. The van der Waals surface area contributed by atoms with E-state index in [9.17, 15) is 9.59 Å². The number of nitrogens with two attached hydrogens (primary N) is 2. The minimum atomic E-state index is -0.343. The minimum absolute atomic E-state index is 0.0321. The molecule has 1 fully saturated rings. The number of fused-ring (bicyclic) bond motifs is 1. The monoisotopic (exact) mass is 469 g/mol. The van der Waals surface area contributed by atoms with Gasteiger partial charge in [-0.05, 0) is 55.7 Å². The minimum Gasteiger partial charge on any atom is -0.457 e. The molecule has 1 unspecified atom stereocenters. The number of para-hydroxylation sites is 1. The van der Waals surface area contributed by atoms with Gasteiger partial charge >= 0.3 is 5.69 Å². The Bertz CT molecular complexity index is 1530. The normalized spacial score (nSPS) is 15.1. The molecule has 4 aromatic rings. The largest absolute Gasteiger partial charge is 0.457 e. The predicted molar refractivity (Wildman–Crippen MR) is 132 cm³/mol. The molecule has 2 aromatic heterocycles. The highest BCUT2D eigenvalue weighted by Gasteiger charge is 2.31. The molecular weight excluding hydrogens is 446 g/mol. The molecule has 0 aliphatic carbocycles. The number of aromatic nitrogens is 4. The second-order valence-electron chi connectivity index (χ2n) is 8.10. The highest BCUT2D eigenvalue weighted by Crippen LogP contribution is 2.29. The van der Waals surface area contributed by atoms with Gasteiger partial charge in [-0.2, -0.15) is 9.97 Å². The number of likely N-dealkylation sites (tertiary alicyclic amines) is 1. The summed E-state index contributed by atoms with van der Waals surface area (Å²) in [5.41, 5.74) is 13.0. The van der Waals surface area contributed by atoms with Crippen LogP contribution in [0, 0.1) is 11.8 Å². The first-order valence-corrected chi connectivity index (χ1v) is 11.1.